The molecule has 0 bridgehead atoms. The summed E-state index contributed by atoms with van der Waals surface area (Å²) in [7, 11) is 1.85. The Labute approximate surface area is 208 Å². The summed E-state index contributed by atoms with van der Waals surface area (Å²) in [6.45, 7) is 4.58. The lowest BCUT2D eigenvalue weighted by molar-refractivity contribution is -0.136. The Morgan fingerprint density at radius 2 is 1.91 bits per heavy atom. The SMILES string of the molecule is C[C@@H]1CN([C@H](C)CO)C(=O)c2cc(-c3ccccc3)cnc2O[C@H]1CN(C)C(=O)C1CCCCC1. The second-order valence-electron chi connectivity index (χ2n) is 10.1. The van der Waals surface area contributed by atoms with E-state index in [1.54, 1.807) is 16.0 Å². The highest BCUT2D eigenvalue weighted by atomic mass is 16.5. The maximum absolute atomic E-state index is 13.6. The van der Waals surface area contributed by atoms with Gasteiger partial charge in [0.25, 0.3) is 5.91 Å². The van der Waals surface area contributed by atoms with E-state index >= 15 is 0 Å². The molecule has 7 nitrogen and oxygen atoms in total. The minimum atomic E-state index is -0.349. The van der Waals surface area contributed by atoms with E-state index in [4.69, 9.17) is 4.74 Å². The van der Waals surface area contributed by atoms with Gasteiger partial charge in [0.15, 0.2) is 0 Å². The molecule has 0 saturated heterocycles. The standard InChI is InChI=1S/C28H37N3O4/c1-19-16-31(20(2)18-32)28(34)24-14-23(21-10-6-4-7-11-21)15-29-26(24)35-25(19)17-30(3)27(33)22-12-8-5-9-13-22/h4,6-7,10-11,14-15,19-20,22,25,32H,5,8-9,12-13,16-18H2,1-3H3/t19-,20-,25+/m1/s1. The van der Waals surface area contributed by atoms with E-state index in [0.29, 0.717) is 18.7 Å². The summed E-state index contributed by atoms with van der Waals surface area (Å²) in [6, 6.07) is 11.3. The topological polar surface area (TPSA) is 83.0 Å². The lowest BCUT2D eigenvalue weighted by atomic mass is 9.88. The maximum Gasteiger partial charge on any atom is 0.259 e. The lowest BCUT2D eigenvalue weighted by Gasteiger charge is -2.38. The first kappa shape index (κ1) is 25.2. The van der Waals surface area contributed by atoms with Gasteiger partial charge in [-0.3, -0.25) is 9.59 Å². The summed E-state index contributed by atoms with van der Waals surface area (Å²) in [5.41, 5.74) is 2.17. The highest BCUT2D eigenvalue weighted by Gasteiger charge is 2.35. The van der Waals surface area contributed by atoms with Crippen molar-refractivity contribution in [2.75, 3.05) is 26.7 Å². The van der Waals surface area contributed by atoms with Crippen LogP contribution in [0.3, 0.4) is 0 Å². The van der Waals surface area contributed by atoms with Crippen molar-refractivity contribution in [3.8, 4) is 17.0 Å². The summed E-state index contributed by atoms with van der Waals surface area (Å²) >= 11 is 0. The Hall–Kier alpha value is -2.93. The molecule has 1 aliphatic heterocycles. The highest BCUT2D eigenvalue weighted by molar-refractivity contribution is 5.98. The van der Waals surface area contributed by atoms with E-state index in [-0.39, 0.29) is 48.3 Å². The van der Waals surface area contributed by atoms with E-state index in [1.807, 2.05) is 57.3 Å². The van der Waals surface area contributed by atoms with Crippen LogP contribution in [0.4, 0.5) is 0 Å². The third kappa shape index (κ3) is 5.67. The highest BCUT2D eigenvalue weighted by Crippen LogP contribution is 2.31. The molecule has 0 radical (unpaired) electrons. The van der Waals surface area contributed by atoms with Crippen LogP contribution in [-0.4, -0.2) is 70.6 Å². The van der Waals surface area contributed by atoms with Crippen LogP contribution in [-0.2, 0) is 4.79 Å². The van der Waals surface area contributed by atoms with Gasteiger partial charge in [-0.15, -0.1) is 0 Å². The van der Waals surface area contributed by atoms with Gasteiger partial charge < -0.3 is 19.6 Å². The number of hydrogen-bond acceptors (Lipinski definition) is 5. The van der Waals surface area contributed by atoms with Gasteiger partial charge in [-0.1, -0.05) is 56.5 Å². The molecule has 35 heavy (non-hydrogen) atoms. The summed E-state index contributed by atoms with van der Waals surface area (Å²) in [6.07, 6.45) is 6.72. The number of nitrogens with zero attached hydrogens (tertiary/aromatic N) is 3. The average molecular weight is 480 g/mol. The van der Waals surface area contributed by atoms with E-state index in [2.05, 4.69) is 4.98 Å². The van der Waals surface area contributed by atoms with E-state index in [1.165, 1.54) is 6.42 Å². The number of aromatic nitrogens is 1. The Bertz CT molecular complexity index is 1020. The van der Waals surface area contributed by atoms with Crippen LogP contribution in [0, 0.1) is 11.8 Å². The first-order chi connectivity index (χ1) is 16.9. The molecule has 1 N–H and O–H groups in total. The van der Waals surface area contributed by atoms with Crippen molar-refractivity contribution >= 4 is 11.8 Å². The predicted molar refractivity (Wildman–Crippen MR) is 135 cm³/mol. The third-order valence-electron chi connectivity index (χ3n) is 7.41. The molecule has 188 valence electrons. The first-order valence-corrected chi connectivity index (χ1v) is 12.8. The van der Waals surface area contributed by atoms with Crippen molar-refractivity contribution in [2.45, 2.75) is 58.1 Å². The molecule has 0 spiro atoms. The van der Waals surface area contributed by atoms with Crippen LogP contribution in [0.25, 0.3) is 11.1 Å². The monoisotopic (exact) mass is 479 g/mol. The van der Waals surface area contributed by atoms with Crippen LogP contribution in [0.5, 0.6) is 5.88 Å². The number of aliphatic hydroxyl groups is 1. The van der Waals surface area contributed by atoms with Crippen molar-refractivity contribution in [3.63, 3.8) is 0 Å². The zero-order valence-electron chi connectivity index (χ0n) is 21.0. The summed E-state index contributed by atoms with van der Waals surface area (Å²) < 4.78 is 6.37. The van der Waals surface area contributed by atoms with E-state index in [0.717, 1.165) is 36.8 Å². The molecule has 4 rings (SSSR count). The third-order valence-corrected chi connectivity index (χ3v) is 7.41. The zero-order valence-corrected chi connectivity index (χ0v) is 21.0. The fourth-order valence-corrected chi connectivity index (χ4v) is 5.13. The van der Waals surface area contributed by atoms with Crippen molar-refractivity contribution in [1.29, 1.82) is 0 Å². The van der Waals surface area contributed by atoms with Crippen LogP contribution in [0.2, 0.25) is 0 Å². The molecule has 2 aliphatic rings. The van der Waals surface area contributed by atoms with Gasteiger partial charge in [-0.2, -0.15) is 0 Å². The number of fused-ring (bicyclic) bond motifs is 1. The predicted octanol–water partition coefficient (Wildman–Crippen LogP) is 4.01. The van der Waals surface area contributed by atoms with Crippen molar-refractivity contribution in [3.05, 3.63) is 48.2 Å². The van der Waals surface area contributed by atoms with Crippen LogP contribution in [0.1, 0.15) is 56.3 Å². The molecule has 2 amide bonds. The molecule has 1 fully saturated rings. The number of carbonyl (C=O) groups excluding carboxylic acids is 2. The number of likely N-dealkylation sites (N-methyl/N-ethyl adjacent to an activating group) is 1. The average Bonchev–Trinajstić information content (AvgIpc) is 2.90. The Morgan fingerprint density at radius 1 is 1.20 bits per heavy atom. The molecule has 1 saturated carbocycles. The Kier molecular flexibility index (Phi) is 8.06. The van der Waals surface area contributed by atoms with Crippen molar-refractivity contribution in [2.24, 2.45) is 11.8 Å². The normalized spacial score (nSPS) is 21.9. The molecule has 7 heteroatoms. The van der Waals surface area contributed by atoms with Gasteiger partial charge in [0.2, 0.25) is 11.8 Å². The molecule has 1 aromatic heterocycles. The maximum atomic E-state index is 13.6. The molecule has 1 aliphatic carbocycles. The fraction of sp³-hybridized carbons (Fsp3) is 0.536. The molecule has 3 atom stereocenters. The van der Waals surface area contributed by atoms with Gasteiger partial charge in [0.1, 0.15) is 11.7 Å². The summed E-state index contributed by atoms with van der Waals surface area (Å²) in [5.74, 6) is 0.276. The number of rotatable bonds is 6. The van der Waals surface area contributed by atoms with Gasteiger partial charge >= 0.3 is 0 Å². The van der Waals surface area contributed by atoms with Gasteiger partial charge in [0, 0.05) is 37.2 Å². The number of aliphatic hydroxyl groups excluding tert-OH is 1. The van der Waals surface area contributed by atoms with Gasteiger partial charge in [-0.05, 0) is 31.4 Å². The van der Waals surface area contributed by atoms with Crippen molar-refractivity contribution in [1.82, 2.24) is 14.8 Å². The number of hydrogen-bond donors (Lipinski definition) is 1. The van der Waals surface area contributed by atoms with Crippen LogP contribution in [0.15, 0.2) is 42.6 Å². The molecular formula is C28H37N3O4. The lowest BCUT2D eigenvalue weighted by Crippen LogP contribution is -2.51. The van der Waals surface area contributed by atoms with E-state index < -0.39 is 0 Å². The quantitative estimate of drug-likeness (QED) is 0.677. The smallest absolute Gasteiger partial charge is 0.259 e. The summed E-state index contributed by atoms with van der Waals surface area (Å²) in [4.78, 5) is 34.8. The first-order valence-electron chi connectivity index (χ1n) is 12.8. The minimum absolute atomic E-state index is 0.0571. The van der Waals surface area contributed by atoms with Gasteiger partial charge in [0.05, 0.1) is 19.2 Å². The number of carbonyl (C=O) groups is 2. The second-order valence-corrected chi connectivity index (χ2v) is 10.1. The minimum Gasteiger partial charge on any atom is -0.472 e. The number of pyridine rings is 1. The molecule has 0 unspecified atom stereocenters. The van der Waals surface area contributed by atoms with E-state index in [9.17, 15) is 14.7 Å². The molecule has 2 aromatic rings. The molecule has 1 aromatic carbocycles. The van der Waals surface area contributed by atoms with Crippen LogP contribution < -0.4 is 4.74 Å². The molecule has 2 heterocycles. The number of ether oxygens (including phenoxy) is 1. The Morgan fingerprint density at radius 3 is 2.60 bits per heavy atom. The second kappa shape index (κ2) is 11.2. The van der Waals surface area contributed by atoms with Crippen molar-refractivity contribution < 1.29 is 19.4 Å². The zero-order chi connectivity index (χ0) is 24.9. The Balaban J connectivity index is 1.64. The fourth-order valence-electron chi connectivity index (χ4n) is 5.13. The number of amides is 2. The molecular weight excluding hydrogens is 442 g/mol. The van der Waals surface area contributed by atoms with Crippen LogP contribution >= 0.6 is 0 Å². The largest absolute Gasteiger partial charge is 0.472 e. The van der Waals surface area contributed by atoms with Gasteiger partial charge in [-0.25, -0.2) is 4.98 Å². The summed E-state index contributed by atoms with van der Waals surface area (Å²) in [5, 5.41) is 9.87. The number of benzene rings is 1.